The molecule has 0 bridgehead atoms. The van der Waals surface area contributed by atoms with Crippen molar-refractivity contribution < 1.29 is 4.79 Å². The Morgan fingerprint density at radius 2 is 1.67 bits per heavy atom. The number of benzene rings is 2. The molecule has 0 aliphatic heterocycles. The number of para-hydroxylation sites is 1. The molecule has 0 unspecified atom stereocenters. The number of carbonyl (C=O) groups is 1. The number of amides is 1. The van der Waals surface area contributed by atoms with E-state index in [2.05, 4.69) is 15.1 Å². The van der Waals surface area contributed by atoms with Crippen LogP contribution in [-0.4, -0.2) is 36.6 Å². The van der Waals surface area contributed by atoms with Crippen molar-refractivity contribution in [1.29, 1.82) is 0 Å². The van der Waals surface area contributed by atoms with E-state index in [9.17, 15) is 14.4 Å². The number of nitrogens with zero attached hydrogens (tertiary/aromatic N) is 4. The topological polar surface area (TPSA) is 101 Å². The Hall–Kier alpha value is -3.81. The van der Waals surface area contributed by atoms with Gasteiger partial charge in [0.2, 0.25) is 0 Å². The van der Waals surface area contributed by atoms with Gasteiger partial charge in [-0.15, -0.1) is 0 Å². The van der Waals surface area contributed by atoms with Gasteiger partial charge in [-0.25, -0.2) is 9.67 Å². The van der Waals surface area contributed by atoms with Gasteiger partial charge in [0.1, 0.15) is 5.82 Å². The van der Waals surface area contributed by atoms with Gasteiger partial charge in [-0.05, 0) is 32.0 Å². The highest BCUT2D eigenvalue weighted by molar-refractivity contribution is 6.04. The van der Waals surface area contributed by atoms with Crippen LogP contribution in [0.4, 0.5) is 0 Å². The molecule has 4 aromatic rings. The number of fused-ring (bicyclic) bond motifs is 2. The molecule has 2 aromatic heterocycles. The summed E-state index contributed by atoms with van der Waals surface area (Å²) in [6.45, 7) is 3.86. The second-order valence-electron chi connectivity index (χ2n) is 7.38. The lowest BCUT2D eigenvalue weighted by atomic mass is 10.1. The van der Waals surface area contributed by atoms with E-state index in [1.807, 2.05) is 19.9 Å². The minimum atomic E-state index is -0.340. The third-order valence-electron chi connectivity index (χ3n) is 5.03. The van der Waals surface area contributed by atoms with Crippen molar-refractivity contribution in [2.24, 2.45) is 7.05 Å². The molecule has 8 heteroatoms. The molecule has 2 aromatic carbocycles. The van der Waals surface area contributed by atoms with Crippen LogP contribution in [0.2, 0.25) is 0 Å². The normalized spacial score (nSPS) is 11.3. The first-order valence-electron chi connectivity index (χ1n) is 9.62. The van der Waals surface area contributed by atoms with Gasteiger partial charge < -0.3 is 9.88 Å². The number of hydrogen-bond acceptors (Lipinski definition) is 5. The maximum absolute atomic E-state index is 13.4. The maximum atomic E-state index is 13.4. The average Bonchev–Trinajstić information content (AvgIpc) is 2.74. The van der Waals surface area contributed by atoms with Crippen molar-refractivity contribution in [1.82, 2.24) is 24.6 Å². The standard InChI is InChI=1S/C22H21N5O3/c1-13(2)27(12-18-23-17-11-7-6-10-16(17)20(28)24-18)22(30)19-14-8-4-5-9-15(14)21(29)26(3)25-19/h4-11,13H,12H2,1-3H3,(H,23,24,28). The minimum absolute atomic E-state index is 0.107. The number of hydrogen-bond donors (Lipinski definition) is 1. The van der Waals surface area contributed by atoms with E-state index < -0.39 is 0 Å². The number of nitrogens with one attached hydrogen (secondary N) is 1. The van der Waals surface area contributed by atoms with Gasteiger partial charge in [0.15, 0.2) is 5.69 Å². The summed E-state index contributed by atoms with van der Waals surface area (Å²) in [6.07, 6.45) is 0. The number of H-pyrrole nitrogens is 1. The lowest BCUT2D eigenvalue weighted by Gasteiger charge is -2.26. The number of aromatic nitrogens is 4. The molecule has 0 saturated carbocycles. The first-order chi connectivity index (χ1) is 14.4. The Morgan fingerprint density at radius 1 is 1.03 bits per heavy atom. The summed E-state index contributed by atoms with van der Waals surface area (Å²) in [6, 6.07) is 13.8. The van der Waals surface area contributed by atoms with Gasteiger partial charge in [0.05, 0.1) is 22.8 Å². The third-order valence-corrected chi connectivity index (χ3v) is 5.03. The Bertz CT molecular complexity index is 1390. The minimum Gasteiger partial charge on any atom is -0.327 e. The molecule has 8 nitrogen and oxygen atoms in total. The fourth-order valence-corrected chi connectivity index (χ4v) is 3.45. The molecule has 152 valence electrons. The molecule has 0 spiro atoms. The highest BCUT2D eigenvalue weighted by atomic mass is 16.2. The predicted molar refractivity (Wildman–Crippen MR) is 114 cm³/mol. The van der Waals surface area contributed by atoms with Crippen molar-refractivity contribution in [3.05, 3.63) is 80.8 Å². The zero-order chi connectivity index (χ0) is 21.4. The van der Waals surface area contributed by atoms with Crippen LogP contribution in [-0.2, 0) is 13.6 Å². The lowest BCUT2D eigenvalue weighted by Crippen LogP contribution is -2.39. The molecule has 30 heavy (non-hydrogen) atoms. The summed E-state index contributed by atoms with van der Waals surface area (Å²) < 4.78 is 1.17. The summed E-state index contributed by atoms with van der Waals surface area (Å²) in [5.41, 5.74) is 0.235. The summed E-state index contributed by atoms with van der Waals surface area (Å²) in [4.78, 5) is 47.1. The Morgan fingerprint density at radius 3 is 2.37 bits per heavy atom. The number of carbonyl (C=O) groups excluding carboxylic acids is 1. The zero-order valence-electron chi connectivity index (χ0n) is 16.9. The molecule has 0 saturated heterocycles. The fourth-order valence-electron chi connectivity index (χ4n) is 3.45. The van der Waals surface area contributed by atoms with Crippen molar-refractivity contribution in [2.75, 3.05) is 0 Å². The third kappa shape index (κ3) is 3.36. The average molecular weight is 403 g/mol. The largest absolute Gasteiger partial charge is 0.327 e. The molecular formula is C22H21N5O3. The Labute approximate surface area is 171 Å². The van der Waals surface area contributed by atoms with E-state index in [-0.39, 0.29) is 35.3 Å². The number of aryl methyl sites for hydroxylation is 1. The van der Waals surface area contributed by atoms with Crippen LogP contribution in [0.15, 0.2) is 58.1 Å². The van der Waals surface area contributed by atoms with Crippen molar-refractivity contribution in [3.63, 3.8) is 0 Å². The van der Waals surface area contributed by atoms with Gasteiger partial charge in [-0.2, -0.15) is 5.10 Å². The van der Waals surface area contributed by atoms with Crippen molar-refractivity contribution in [3.8, 4) is 0 Å². The first-order valence-corrected chi connectivity index (χ1v) is 9.62. The lowest BCUT2D eigenvalue weighted by molar-refractivity contribution is 0.0678. The predicted octanol–water partition coefficient (Wildman–Crippen LogP) is 2.22. The van der Waals surface area contributed by atoms with E-state index in [1.54, 1.807) is 47.4 Å². The highest BCUT2D eigenvalue weighted by Crippen LogP contribution is 2.18. The monoisotopic (exact) mass is 403 g/mol. The van der Waals surface area contributed by atoms with Gasteiger partial charge in [0.25, 0.3) is 17.0 Å². The second kappa shape index (κ2) is 7.55. The molecule has 1 amide bonds. The summed E-state index contributed by atoms with van der Waals surface area (Å²) in [5.74, 6) is 0.0440. The van der Waals surface area contributed by atoms with E-state index in [4.69, 9.17) is 0 Å². The van der Waals surface area contributed by atoms with Crippen LogP contribution in [0.1, 0.15) is 30.2 Å². The molecule has 1 N–H and O–H groups in total. The highest BCUT2D eigenvalue weighted by Gasteiger charge is 2.25. The van der Waals surface area contributed by atoms with Crippen LogP contribution in [0.25, 0.3) is 21.7 Å². The van der Waals surface area contributed by atoms with E-state index in [0.717, 1.165) is 0 Å². The molecule has 0 fully saturated rings. The fraction of sp³-hybridized carbons (Fsp3) is 0.227. The van der Waals surface area contributed by atoms with Crippen molar-refractivity contribution >= 4 is 27.6 Å². The van der Waals surface area contributed by atoms with Gasteiger partial charge >= 0.3 is 0 Å². The van der Waals surface area contributed by atoms with Crippen LogP contribution >= 0.6 is 0 Å². The molecule has 2 heterocycles. The van der Waals surface area contributed by atoms with Crippen LogP contribution < -0.4 is 11.1 Å². The summed E-state index contributed by atoms with van der Waals surface area (Å²) in [7, 11) is 1.52. The molecule has 0 aliphatic carbocycles. The SMILES string of the molecule is CC(C)N(Cc1nc2ccccc2c(=O)[nH]1)C(=O)c1nn(C)c(=O)c2ccccc12. The molecular weight excluding hydrogens is 382 g/mol. The summed E-state index contributed by atoms with van der Waals surface area (Å²) >= 11 is 0. The van der Waals surface area contributed by atoms with Crippen LogP contribution in [0.3, 0.4) is 0 Å². The molecule has 0 aliphatic rings. The molecule has 4 rings (SSSR count). The molecule has 0 radical (unpaired) electrons. The van der Waals surface area contributed by atoms with E-state index in [0.29, 0.717) is 27.5 Å². The number of rotatable bonds is 4. The van der Waals surface area contributed by atoms with E-state index >= 15 is 0 Å². The number of aromatic amines is 1. The first kappa shape index (κ1) is 19.5. The Balaban J connectivity index is 1.79. The van der Waals surface area contributed by atoms with Crippen LogP contribution in [0.5, 0.6) is 0 Å². The Kier molecular flexibility index (Phi) is 4.91. The summed E-state index contributed by atoms with van der Waals surface area (Å²) in [5, 5.41) is 5.66. The molecule has 0 atom stereocenters. The second-order valence-corrected chi connectivity index (χ2v) is 7.38. The van der Waals surface area contributed by atoms with E-state index in [1.165, 1.54) is 11.7 Å². The quantitative estimate of drug-likeness (QED) is 0.563. The smallest absolute Gasteiger partial charge is 0.275 e. The zero-order valence-corrected chi connectivity index (χ0v) is 16.9. The van der Waals surface area contributed by atoms with Gasteiger partial charge in [-0.3, -0.25) is 14.4 Å². The van der Waals surface area contributed by atoms with Crippen LogP contribution in [0, 0.1) is 0 Å². The van der Waals surface area contributed by atoms with Gasteiger partial charge in [0, 0.05) is 18.5 Å². The van der Waals surface area contributed by atoms with Gasteiger partial charge in [-0.1, -0.05) is 30.3 Å². The van der Waals surface area contributed by atoms with Crippen molar-refractivity contribution in [2.45, 2.75) is 26.4 Å². The maximum Gasteiger partial charge on any atom is 0.275 e.